The number of phenols is 1. The number of aromatic hydroxyl groups is 1. The van der Waals surface area contributed by atoms with E-state index in [1.165, 1.54) is 0 Å². The van der Waals surface area contributed by atoms with Crippen LogP contribution >= 0.6 is 0 Å². The average molecular weight is 368 g/mol. The van der Waals surface area contributed by atoms with Gasteiger partial charge in [0, 0.05) is 16.7 Å². The zero-order valence-corrected chi connectivity index (χ0v) is 17.2. The van der Waals surface area contributed by atoms with Gasteiger partial charge in [-0.1, -0.05) is 45.0 Å². The van der Waals surface area contributed by atoms with Gasteiger partial charge in [-0.15, -0.1) is 0 Å². The SMILES string of the molecule is C[Si](C)OC(CCC(C)(C)C)c1ccc2c(c1)C(=O)c1cccc(O)c1-2. The van der Waals surface area contributed by atoms with E-state index in [9.17, 15) is 9.90 Å². The molecule has 26 heavy (non-hydrogen) atoms. The maximum absolute atomic E-state index is 12.8. The monoisotopic (exact) mass is 367 g/mol. The van der Waals surface area contributed by atoms with E-state index in [1.807, 2.05) is 18.2 Å². The van der Waals surface area contributed by atoms with Gasteiger partial charge in [-0.25, -0.2) is 0 Å². The molecule has 0 aromatic heterocycles. The van der Waals surface area contributed by atoms with Gasteiger partial charge in [0.25, 0.3) is 0 Å². The second-order valence-corrected chi connectivity index (χ2v) is 10.5. The average Bonchev–Trinajstić information content (AvgIpc) is 2.84. The second-order valence-electron chi connectivity index (χ2n) is 8.45. The van der Waals surface area contributed by atoms with E-state index in [4.69, 9.17) is 4.43 Å². The molecule has 2 aromatic rings. The number of carbonyl (C=O) groups is 1. The number of carbonyl (C=O) groups excluding carboxylic acids is 1. The predicted molar refractivity (Wildman–Crippen MR) is 107 cm³/mol. The minimum atomic E-state index is -0.859. The largest absolute Gasteiger partial charge is 0.507 e. The smallest absolute Gasteiger partial charge is 0.205 e. The lowest BCUT2D eigenvalue weighted by Gasteiger charge is -2.25. The summed E-state index contributed by atoms with van der Waals surface area (Å²) in [6.07, 6.45) is 2.00. The van der Waals surface area contributed by atoms with Crippen LogP contribution in [0.1, 0.15) is 61.2 Å². The molecule has 1 N–H and O–H groups in total. The number of hydrogen-bond donors (Lipinski definition) is 1. The fourth-order valence-electron chi connectivity index (χ4n) is 3.47. The van der Waals surface area contributed by atoms with Gasteiger partial charge in [-0.05, 0) is 54.6 Å². The number of phenolic OH excluding ortho intramolecular Hbond substituents is 1. The molecule has 0 bridgehead atoms. The maximum Gasteiger partial charge on any atom is 0.205 e. The number of benzene rings is 2. The maximum atomic E-state index is 12.8. The molecule has 0 amide bonds. The molecule has 3 nitrogen and oxygen atoms in total. The van der Waals surface area contributed by atoms with Crippen molar-refractivity contribution in [1.29, 1.82) is 0 Å². The van der Waals surface area contributed by atoms with Crippen molar-refractivity contribution in [2.24, 2.45) is 5.41 Å². The van der Waals surface area contributed by atoms with Gasteiger partial charge in [-0.2, -0.15) is 0 Å². The van der Waals surface area contributed by atoms with E-state index >= 15 is 0 Å². The number of rotatable bonds is 5. The van der Waals surface area contributed by atoms with Crippen LogP contribution in [0.2, 0.25) is 13.1 Å². The molecule has 0 fully saturated rings. The van der Waals surface area contributed by atoms with Crippen molar-refractivity contribution in [2.75, 3.05) is 0 Å². The zero-order valence-electron chi connectivity index (χ0n) is 16.2. The van der Waals surface area contributed by atoms with Crippen molar-refractivity contribution in [3.8, 4) is 16.9 Å². The topological polar surface area (TPSA) is 46.5 Å². The summed E-state index contributed by atoms with van der Waals surface area (Å²) in [6, 6.07) is 11.1. The van der Waals surface area contributed by atoms with Gasteiger partial charge in [-0.3, -0.25) is 4.79 Å². The Balaban J connectivity index is 1.97. The number of hydrogen-bond acceptors (Lipinski definition) is 3. The lowest BCUT2D eigenvalue weighted by atomic mass is 9.87. The van der Waals surface area contributed by atoms with E-state index in [1.54, 1.807) is 18.2 Å². The summed E-state index contributed by atoms with van der Waals surface area (Å²) in [5, 5.41) is 10.2. The molecule has 0 spiro atoms. The van der Waals surface area contributed by atoms with Crippen LogP contribution in [0.5, 0.6) is 5.75 Å². The Morgan fingerprint density at radius 2 is 1.81 bits per heavy atom. The van der Waals surface area contributed by atoms with Gasteiger partial charge < -0.3 is 9.53 Å². The van der Waals surface area contributed by atoms with E-state index in [0.717, 1.165) is 24.0 Å². The minimum Gasteiger partial charge on any atom is -0.507 e. The van der Waals surface area contributed by atoms with Gasteiger partial charge in [0.2, 0.25) is 9.04 Å². The van der Waals surface area contributed by atoms with Crippen molar-refractivity contribution >= 4 is 14.8 Å². The Kier molecular flexibility index (Phi) is 5.09. The molecular formula is C22H27O3Si. The molecule has 2 aromatic carbocycles. The number of fused-ring (bicyclic) bond motifs is 3. The zero-order chi connectivity index (χ0) is 19.1. The summed E-state index contributed by atoms with van der Waals surface area (Å²) >= 11 is 0. The van der Waals surface area contributed by atoms with Gasteiger partial charge >= 0.3 is 0 Å². The van der Waals surface area contributed by atoms with E-state index in [-0.39, 0.29) is 23.1 Å². The molecule has 0 heterocycles. The molecule has 1 aliphatic rings. The Morgan fingerprint density at radius 3 is 2.46 bits per heavy atom. The van der Waals surface area contributed by atoms with Crippen molar-refractivity contribution in [1.82, 2.24) is 0 Å². The van der Waals surface area contributed by atoms with Crippen molar-refractivity contribution in [3.05, 3.63) is 53.1 Å². The van der Waals surface area contributed by atoms with Crippen molar-refractivity contribution in [3.63, 3.8) is 0 Å². The van der Waals surface area contributed by atoms with Crippen LogP contribution in [0.25, 0.3) is 11.1 Å². The van der Waals surface area contributed by atoms with E-state index in [0.29, 0.717) is 16.7 Å². The summed E-state index contributed by atoms with van der Waals surface area (Å²) < 4.78 is 6.27. The summed E-state index contributed by atoms with van der Waals surface area (Å²) in [4.78, 5) is 12.8. The van der Waals surface area contributed by atoms with Gasteiger partial charge in [0.15, 0.2) is 5.78 Å². The standard InChI is InChI=1S/C22H27O3Si/c1-22(2,3)12-11-19(25-26(4)5)14-9-10-15-17(13-14)21(24)16-7-6-8-18(23)20(15)16/h6-10,13,19,23H,11-12H2,1-5H3. The molecule has 1 aliphatic carbocycles. The first kappa shape index (κ1) is 18.9. The Labute approximate surface area is 157 Å². The molecule has 0 aliphatic heterocycles. The Hall–Kier alpha value is -1.91. The van der Waals surface area contributed by atoms with Crippen LogP contribution in [-0.2, 0) is 4.43 Å². The quantitative estimate of drug-likeness (QED) is 0.585. The molecule has 4 heteroatoms. The van der Waals surface area contributed by atoms with Gasteiger partial charge in [0.1, 0.15) is 5.75 Å². The summed E-state index contributed by atoms with van der Waals surface area (Å²) in [5.41, 5.74) is 4.02. The van der Waals surface area contributed by atoms with Gasteiger partial charge in [0.05, 0.1) is 6.10 Å². The highest BCUT2D eigenvalue weighted by molar-refractivity contribution is 6.48. The van der Waals surface area contributed by atoms with Crippen LogP contribution in [0.4, 0.5) is 0 Å². The normalized spacial score (nSPS) is 14.5. The fraction of sp³-hybridized carbons (Fsp3) is 0.409. The summed E-state index contributed by atoms with van der Waals surface area (Å²) in [5.74, 6) is 0.149. The highest BCUT2D eigenvalue weighted by Crippen LogP contribution is 2.43. The predicted octanol–water partition coefficient (Wildman–Crippen LogP) is 5.74. The van der Waals surface area contributed by atoms with Crippen LogP contribution in [0.15, 0.2) is 36.4 Å². The highest BCUT2D eigenvalue weighted by atomic mass is 28.3. The third kappa shape index (κ3) is 3.76. The molecule has 1 unspecified atom stereocenters. The molecule has 3 rings (SSSR count). The van der Waals surface area contributed by atoms with Crippen LogP contribution in [-0.4, -0.2) is 19.9 Å². The van der Waals surface area contributed by atoms with Crippen LogP contribution < -0.4 is 0 Å². The first-order valence-corrected chi connectivity index (χ1v) is 11.6. The lowest BCUT2D eigenvalue weighted by Crippen LogP contribution is -2.17. The summed E-state index contributed by atoms with van der Waals surface area (Å²) in [7, 11) is -0.859. The first-order valence-electron chi connectivity index (χ1n) is 9.15. The van der Waals surface area contributed by atoms with Crippen molar-refractivity contribution in [2.45, 2.75) is 52.8 Å². The Bertz CT molecular complexity index is 834. The Morgan fingerprint density at radius 1 is 1.08 bits per heavy atom. The molecule has 1 atom stereocenters. The molecule has 137 valence electrons. The van der Waals surface area contributed by atoms with E-state index < -0.39 is 9.04 Å². The van der Waals surface area contributed by atoms with Crippen LogP contribution in [0, 0.1) is 5.41 Å². The van der Waals surface area contributed by atoms with Crippen molar-refractivity contribution < 1.29 is 14.3 Å². The molecule has 0 saturated carbocycles. The molecule has 1 radical (unpaired) electrons. The second kappa shape index (κ2) is 7.01. The first-order chi connectivity index (χ1) is 12.2. The lowest BCUT2D eigenvalue weighted by molar-refractivity contribution is 0.104. The molecule has 0 saturated heterocycles. The third-order valence-corrected chi connectivity index (χ3v) is 5.51. The third-order valence-electron chi connectivity index (χ3n) is 4.75. The van der Waals surface area contributed by atoms with Crippen LogP contribution in [0.3, 0.4) is 0 Å². The highest BCUT2D eigenvalue weighted by Gasteiger charge is 2.30. The fourth-order valence-corrected chi connectivity index (χ4v) is 4.29. The summed E-state index contributed by atoms with van der Waals surface area (Å²) in [6.45, 7) is 11.0. The molecular weight excluding hydrogens is 340 g/mol. The van der Waals surface area contributed by atoms with E-state index in [2.05, 4.69) is 33.9 Å². The minimum absolute atomic E-state index is 0.00789. The number of ketones is 1.